The van der Waals surface area contributed by atoms with Gasteiger partial charge in [0.1, 0.15) is 11.5 Å². The molecule has 0 aromatic heterocycles. The van der Waals surface area contributed by atoms with E-state index in [2.05, 4.69) is 11.0 Å². The van der Waals surface area contributed by atoms with Gasteiger partial charge in [-0.2, -0.15) is 0 Å². The number of carbonyl (C=O) groups excluding carboxylic acids is 2. The van der Waals surface area contributed by atoms with Crippen molar-refractivity contribution < 1.29 is 28.6 Å². The highest BCUT2D eigenvalue weighted by atomic mass is 16.7. The molecule has 0 aliphatic heterocycles. The van der Waals surface area contributed by atoms with Gasteiger partial charge in [-0.1, -0.05) is 60.7 Å². The predicted molar refractivity (Wildman–Crippen MR) is 139 cm³/mol. The lowest BCUT2D eigenvalue weighted by atomic mass is 10.2. The Balaban J connectivity index is 1.15. The molecule has 0 spiro atoms. The lowest BCUT2D eigenvalue weighted by Gasteiger charge is -2.10. The fourth-order valence-electron chi connectivity index (χ4n) is 3.21. The van der Waals surface area contributed by atoms with Gasteiger partial charge in [0.25, 0.3) is 11.8 Å². The number of nitrogens with one attached hydrogen (secondary N) is 2. The van der Waals surface area contributed by atoms with Crippen LogP contribution >= 0.6 is 0 Å². The minimum atomic E-state index is -0.353. The third-order valence-electron chi connectivity index (χ3n) is 5.18. The monoisotopic (exact) mass is 496 g/mol. The van der Waals surface area contributed by atoms with E-state index in [0.29, 0.717) is 22.6 Å². The summed E-state index contributed by atoms with van der Waals surface area (Å²) in [5.74, 6) is 0.364. The molecule has 2 amide bonds. The molecule has 0 radical (unpaired) electrons. The molecule has 0 saturated carbocycles. The van der Waals surface area contributed by atoms with Crippen LogP contribution in [0.3, 0.4) is 0 Å². The first-order chi connectivity index (χ1) is 18.2. The number of rotatable bonds is 12. The molecular weight excluding hydrogens is 471 g/mol. The molecule has 0 saturated heterocycles. The zero-order valence-corrected chi connectivity index (χ0v) is 20.0. The van der Waals surface area contributed by atoms with E-state index < -0.39 is 0 Å². The quantitative estimate of drug-likeness (QED) is 0.226. The highest BCUT2D eigenvalue weighted by Gasteiger charge is 2.08. The van der Waals surface area contributed by atoms with Gasteiger partial charge in [-0.15, -0.1) is 0 Å². The lowest BCUT2D eigenvalue weighted by Crippen LogP contribution is -2.23. The van der Waals surface area contributed by atoms with Gasteiger partial charge in [0.15, 0.2) is 0 Å². The Morgan fingerprint density at radius 3 is 1.30 bits per heavy atom. The Morgan fingerprint density at radius 2 is 0.919 bits per heavy atom. The Labute approximate surface area is 215 Å². The van der Waals surface area contributed by atoms with Crippen LogP contribution in [-0.4, -0.2) is 19.5 Å². The molecular formula is C28H25BN2O6. The summed E-state index contributed by atoms with van der Waals surface area (Å²) in [6.45, 7) is 0.553. The number of amides is 2. The molecule has 4 aromatic rings. The van der Waals surface area contributed by atoms with Gasteiger partial charge < -0.3 is 9.31 Å². The topological polar surface area (TPSA) is 95.1 Å². The van der Waals surface area contributed by atoms with Crippen LogP contribution in [0.25, 0.3) is 0 Å². The van der Waals surface area contributed by atoms with Crippen molar-refractivity contribution in [2.45, 2.75) is 13.2 Å². The number of benzene rings is 4. The van der Waals surface area contributed by atoms with E-state index in [1.54, 1.807) is 48.5 Å². The summed E-state index contributed by atoms with van der Waals surface area (Å²) in [6.07, 6.45) is 0. The standard InChI is InChI=1S/C28H25BN2O6/c32-27(30-34-19-21-7-3-1-4-8-21)23-11-15-25(16-12-23)36-29-37-26-17-13-24(14-18-26)28(33)31-35-20-22-9-5-2-6-10-22/h1-18,29H,19-20H2,(H,30,32)(H,31,33). The molecule has 0 atom stereocenters. The number of carbonyl (C=O) groups is 2. The average molecular weight is 496 g/mol. The fraction of sp³-hybridized carbons (Fsp3) is 0.0714. The van der Waals surface area contributed by atoms with Crippen LogP contribution in [0.1, 0.15) is 31.8 Å². The molecule has 186 valence electrons. The first kappa shape index (κ1) is 25.5. The molecule has 0 aliphatic carbocycles. The van der Waals surface area contributed by atoms with Gasteiger partial charge >= 0.3 is 7.69 Å². The second-order valence-electron chi connectivity index (χ2n) is 7.87. The largest absolute Gasteiger partial charge is 0.576 e. The van der Waals surface area contributed by atoms with E-state index >= 15 is 0 Å². The summed E-state index contributed by atoms with van der Waals surface area (Å²) in [7, 11) is -0.0442. The highest BCUT2D eigenvalue weighted by Crippen LogP contribution is 2.15. The van der Waals surface area contributed by atoms with Crippen molar-refractivity contribution in [3.63, 3.8) is 0 Å². The summed E-state index contributed by atoms with van der Waals surface area (Å²) in [4.78, 5) is 34.9. The van der Waals surface area contributed by atoms with Crippen molar-refractivity contribution in [2.75, 3.05) is 0 Å². The van der Waals surface area contributed by atoms with Crippen LogP contribution in [0.2, 0.25) is 0 Å². The van der Waals surface area contributed by atoms with Crippen molar-refractivity contribution >= 4 is 19.5 Å². The van der Waals surface area contributed by atoms with Crippen LogP contribution in [-0.2, 0) is 22.9 Å². The molecule has 0 unspecified atom stereocenters. The van der Waals surface area contributed by atoms with Crippen LogP contribution in [0.5, 0.6) is 11.5 Å². The molecule has 0 bridgehead atoms. The SMILES string of the molecule is O=C(NOCc1ccccc1)c1ccc(OBOc2ccc(C(=O)NOCc3ccccc3)cc2)cc1. The summed E-state index contributed by atoms with van der Waals surface area (Å²) in [5.41, 5.74) is 7.62. The minimum Gasteiger partial charge on any atom is -0.529 e. The average Bonchev–Trinajstić information content (AvgIpc) is 2.95. The molecule has 0 heterocycles. The Kier molecular flexibility index (Phi) is 9.29. The van der Waals surface area contributed by atoms with Gasteiger partial charge in [0.05, 0.1) is 13.2 Å². The van der Waals surface area contributed by atoms with E-state index in [4.69, 9.17) is 19.0 Å². The molecule has 9 heteroatoms. The summed E-state index contributed by atoms with van der Waals surface area (Å²) >= 11 is 0. The Hall–Kier alpha value is -4.60. The molecule has 4 aromatic carbocycles. The van der Waals surface area contributed by atoms with Gasteiger partial charge in [-0.05, 0) is 59.7 Å². The molecule has 37 heavy (non-hydrogen) atoms. The van der Waals surface area contributed by atoms with Crippen molar-refractivity contribution in [2.24, 2.45) is 0 Å². The smallest absolute Gasteiger partial charge is 0.529 e. The maximum absolute atomic E-state index is 12.2. The van der Waals surface area contributed by atoms with Crippen molar-refractivity contribution in [3.05, 3.63) is 131 Å². The maximum atomic E-state index is 12.2. The van der Waals surface area contributed by atoms with E-state index in [9.17, 15) is 9.59 Å². The van der Waals surface area contributed by atoms with E-state index in [1.807, 2.05) is 60.7 Å². The number of hydroxylamine groups is 2. The van der Waals surface area contributed by atoms with Gasteiger partial charge in [0.2, 0.25) is 0 Å². The minimum absolute atomic E-state index is 0.0442. The van der Waals surface area contributed by atoms with E-state index in [1.165, 1.54) is 0 Å². The molecule has 0 aliphatic rings. The first-order valence-electron chi connectivity index (χ1n) is 11.6. The third kappa shape index (κ3) is 8.24. The third-order valence-corrected chi connectivity index (χ3v) is 5.18. The molecule has 4 rings (SSSR count). The highest BCUT2D eigenvalue weighted by molar-refractivity contribution is 6.20. The van der Waals surface area contributed by atoms with Crippen LogP contribution < -0.4 is 20.3 Å². The number of hydrogen-bond donors (Lipinski definition) is 2. The maximum Gasteiger partial charge on any atom is 0.576 e. The molecule has 8 nitrogen and oxygen atoms in total. The second-order valence-corrected chi connectivity index (χ2v) is 7.87. The summed E-state index contributed by atoms with van der Waals surface area (Å²) < 4.78 is 11.1. The lowest BCUT2D eigenvalue weighted by molar-refractivity contribution is 0.0231. The zero-order valence-electron chi connectivity index (χ0n) is 20.0. The van der Waals surface area contributed by atoms with E-state index in [-0.39, 0.29) is 32.7 Å². The number of hydrogen-bond acceptors (Lipinski definition) is 6. The van der Waals surface area contributed by atoms with Crippen molar-refractivity contribution in [1.82, 2.24) is 11.0 Å². The van der Waals surface area contributed by atoms with Crippen molar-refractivity contribution in [1.29, 1.82) is 0 Å². The van der Waals surface area contributed by atoms with Crippen molar-refractivity contribution in [3.8, 4) is 11.5 Å². The van der Waals surface area contributed by atoms with Gasteiger partial charge in [-0.25, -0.2) is 11.0 Å². The predicted octanol–water partition coefficient (Wildman–Crippen LogP) is 4.13. The first-order valence-corrected chi connectivity index (χ1v) is 11.6. The Morgan fingerprint density at radius 1 is 0.541 bits per heavy atom. The normalized spacial score (nSPS) is 10.3. The van der Waals surface area contributed by atoms with Gasteiger partial charge in [-0.3, -0.25) is 19.3 Å². The van der Waals surface area contributed by atoms with Gasteiger partial charge in [0, 0.05) is 11.1 Å². The summed E-state index contributed by atoms with van der Waals surface area (Å²) in [6, 6.07) is 32.3. The van der Waals surface area contributed by atoms with Crippen LogP contribution in [0.4, 0.5) is 0 Å². The summed E-state index contributed by atoms with van der Waals surface area (Å²) in [5, 5.41) is 0. The van der Waals surface area contributed by atoms with Crippen LogP contribution in [0.15, 0.2) is 109 Å². The fourth-order valence-corrected chi connectivity index (χ4v) is 3.21. The molecule has 0 fully saturated rings. The molecule has 2 N–H and O–H groups in total. The second kappa shape index (κ2) is 13.5. The van der Waals surface area contributed by atoms with Crippen LogP contribution in [0, 0.1) is 0 Å². The van der Waals surface area contributed by atoms with E-state index in [0.717, 1.165) is 11.1 Å². The zero-order chi connectivity index (χ0) is 25.7. The Bertz CT molecular complexity index is 1170.